The van der Waals surface area contributed by atoms with Crippen LogP contribution in [0.2, 0.25) is 0 Å². The molecule has 0 heterocycles. The number of hydrogen-bond acceptors (Lipinski definition) is 0. The summed E-state index contributed by atoms with van der Waals surface area (Å²) in [6.45, 7) is 0. The van der Waals surface area contributed by atoms with E-state index in [1.54, 1.807) is 12.2 Å². The van der Waals surface area contributed by atoms with Crippen molar-refractivity contribution in [3.05, 3.63) is 35.3 Å². The Balaban J connectivity index is 3.01. The SMILES string of the molecule is C#CC1=CC=C=C=C1. The Kier molecular flexibility index (Phi) is 1.22. The summed E-state index contributed by atoms with van der Waals surface area (Å²) < 4.78 is 0. The Morgan fingerprint density at radius 1 is 1.50 bits per heavy atom. The number of allylic oxidation sites excluding steroid dienone is 4. The molecule has 0 saturated heterocycles. The predicted octanol–water partition coefficient (Wildman–Crippen LogP) is 1.43. The highest BCUT2D eigenvalue weighted by Crippen LogP contribution is 1.95. The van der Waals surface area contributed by atoms with Gasteiger partial charge < -0.3 is 0 Å². The van der Waals surface area contributed by atoms with Crippen LogP contribution in [0.5, 0.6) is 0 Å². The lowest BCUT2D eigenvalue weighted by atomic mass is 10.2. The van der Waals surface area contributed by atoms with Gasteiger partial charge in [-0.2, -0.15) is 0 Å². The van der Waals surface area contributed by atoms with Crippen LogP contribution in [0.15, 0.2) is 35.3 Å². The Morgan fingerprint density at radius 3 is 2.75 bits per heavy atom. The van der Waals surface area contributed by atoms with Gasteiger partial charge in [-0.3, -0.25) is 0 Å². The minimum atomic E-state index is 0.851. The fourth-order valence-electron chi connectivity index (χ4n) is 0.437. The van der Waals surface area contributed by atoms with Crippen LogP contribution in [0.4, 0.5) is 0 Å². The third kappa shape index (κ3) is 0.806. The van der Waals surface area contributed by atoms with E-state index >= 15 is 0 Å². The van der Waals surface area contributed by atoms with Gasteiger partial charge in [0.05, 0.1) is 0 Å². The highest BCUT2D eigenvalue weighted by atomic mass is 13.8. The van der Waals surface area contributed by atoms with E-state index < -0.39 is 0 Å². The van der Waals surface area contributed by atoms with Crippen molar-refractivity contribution >= 4 is 0 Å². The molecule has 0 fully saturated rings. The minimum absolute atomic E-state index is 0.851. The highest BCUT2D eigenvalue weighted by molar-refractivity contribution is 5.40. The lowest BCUT2D eigenvalue weighted by Gasteiger charge is -1.82. The molecule has 0 saturated carbocycles. The average molecular weight is 100 g/mol. The van der Waals surface area contributed by atoms with Crippen molar-refractivity contribution in [1.82, 2.24) is 0 Å². The largest absolute Gasteiger partial charge is 0.115 e. The van der Waals surface area contributed by atoms with Crippen molar-refractivity contribution in [1.29, 1.82) is 0 Å². The summed E-state index contributed by atoms with van der Waals surface area (Å²) in [6, 6.07) is 0. The molecule has 0 radical (unpaired) electrons. The van der Waals surface area contributed by atoms with Crippen LogP contribution in [0, 0.1) is 12.3 Å². The van der Waals surface area contributed by atoms with E-state index in [9.17, 15) is 0 Å². The van der Waals surface area contributed by atoms with E-state index in [4.69, 9.17) is 6.42 Å². The number of terminal acetylenes is 1. The first kappa shape index (κ1) is 4.75. The molecule has 0 unspecified atom stereocenters. The Bertz CT molecular complexity index is 246. The maximum Gasteiger partial charge on any atom is 0.0332 e. The van der Waals surface area contributed by atoms with E-state index in [1.165, 1.54) is 0 Å². The molecule has 8 heavy (non-hydrogen) atoms. The van der Waals surface area contributed by atoms with Crippen molar-refractivity contribution in [3.8, 4) is 12.3 Å². The molecule has 1 rings (SSSR count). The van der Waals surface area contributed by atoms with Crippen molar-refractivity contribution in [2.45, 2.75) is 0 Å². The van der Waals surface area contributed by atoms with Crippen molar-refractivity contribution in [2.24, 2.45) is 0 Å². The van der Waals surface area contributed by atoms with Crippen LogP contribution in [0.3, 0.4) is 0 Å². The van der Waals surface area contributed by atoms with Gasteiger partial charge in [0.25, 0.3) is 0 Å². The Hall–Kier alpha value is -1.40. The maximum absolute atomic E-state index is 5.07. The van der Waals surface area contributed by atoms with E-state index in [-0.39, 0.29) is 0 Å². The highest BCUT2D eigenvalue weighted by Gasteiger charge is 1.80. The number of hydrogen-bond donors (Lipinski definition) is 0. The molecule has 1 aliphatic rings. The summed E-state index contributed by atoms with van der Waals surface area (Å²) in [6.07, 6.45) is 10.3. The lowest BCUT2D eigenvalue weighted by Crippen LogP contribution is -1.68. The van der Waals surface area contributed by atoms with Crippen molar-refractivity contribution in [2.75, 3.05) is 0 Å². The van der Waals surface area contributed by atoms with Crippen LogP contribution >= 0.6 is 0 Å². The summed E-state index contributed by atoms with van der Waals surface area (Å²) in [7, 11) is 0. The van der Waals surface area contributed by atoms with Gasteiger partial charge in [-0.25, -0.2) is 0 Å². The molecule has 0 N–H and O–H groups in total. The van der Waals surface area contributed by atoms with Crippen LogP contribution in [-0.2, 0) is 0 Å². The van der Waals surface area contributed by atoms with Gasteiger partial charge in [-0.15, -0.1) is 6.42 Å². The van der Waals surface area contributed by atoms with Crippen LogP contribution in [-0.4, -0.2) is 0 Å². The fraction of sp³-hybridized carbons (Fsp3) is 0. The van der Waals surface area contributed by atoms with E-state index in [1.807, 2.05) is 6.08 Å². The number of rotatable bonds is 0. The zero-order chi connectivity index (χ0) is 5.82. The maximum atomic E-state index is 5.07. The van der Waals surface area contributed by atoms with Crippen LogP contribution in [0.25, 0.3) is 0 Å². The summed E-state index contributed by atoms with van der Waals surface area (Å²) in [5, 5.41) is 0. The molecule has 0 spiro atoms. The second-order valence-corrected chi connectivity index (χ2v) is 1.37. The average Bonchev–Trinajstić information content (AvgIpc) is 1.90. The molecule has 0 heteroatoms. The molecule has 0 nitrogen and oxygen atoms in total. The van der Waals surface area contributed by atoms with E-state index in [0.717, 1.165) is 5.57 Å². The summed E-state index contributed by atoms with van der Waals surface area (Å²) in [4.78, 5) is 0. The molecule has 0 aromatic heterocycles. The monoisotopic (exact) mass is 100 g/mol. The van der Waals surface area contributed by atoms with Gasteiger partial charge in [0.2, 0.25) is 0 Å². The quantitative estimate of drug-likeness (QED) is 0.319. The Morgan fingerprint density at radius 2 is 2.38 bits per heavy atom. The second-order valence-electron chi connectivity index (χ2n) is 1.37. The fourth-order valence-corrected chi connectivity index (χ4v) is 0.437. The zero-order valence-electron chi connectivity index (χ0n) is 4.31. The normalized spacial score (nSPS) is 13.1. The first-order valence-corrected chi connectivity index (χ1v) is 2.28. The molecule has 0 amide bonds. The second kappa shape index (κ2) is 2.05. The summed E-state index contributed by atoms with van der Waals surface area (Å²) in [5.74, 6) is 2.48. The van der Waals surface area contributed by atoms with Gasteiger partial charge in [-0.05, 0) is 12.2 Å². The topological polar surface area (TPSA) is 0 Å². The summed E-state index contributed by atoms with van der Waals surface area (Å²) >= 11 is 0. The van der Waals surface area contributed by atoms with Gasteiger partial charge in [0, 0.05) is 11.6 Å². The van der Waals surface area contributed by atoms with Gasteiger partial charge in [-0.1, -0.05) is 17.4 Å². The van der Waals surface area contributed by atoms with Gasteiger partial charge in [0.15, 0.2) is 0 Å². The molecule has 36 valence electrons. The van der Waals surface area contributed by atoms with Gasteiger partial charge >= 0.3 is 0 Å². The van der Waals surface area contributed by atoms with Crippen LogP contribution in [0.1, 0.15) is 0 Å². The molecular formula is C8H4. The standard InChI is InChI=1S/C8H4/c1-2-8-6-4-3-5-7-8/h1,4,6-7H. The predicted molar refractivity (Wildman–Crippen MR) is 33.1 cm³/mol. The van der Waals surface area contributed by atoms with Crippen molar-refractivity contribution < 1.29 is 0 Å². The lowest BCUT2D eigenvalue weighted by molar-refractivity contribution is 1.75. The zero-order valence-corrected chi connectivity index (χ0v) is 4.31. The molecule has 0 aromatic rings. The molecule has 0 aliphatic heterocycles. The Labute approximate surface area is 48.5 Å². The molecular weight excluding hydrogens is 96.1 g/mol. The molecule has 0 aromatic carbocycles. The van der Waals surface area contributed by atoms with Crippen molar-refractivity contribution in [3.63, 3.8) is 0 Å². The smallest absolute Gasteiger partial charge is 0.0332 e. The third-order valence-electron chi connectivity index (χ3n) is 0.824. The first-order chi connectivity index (χ1) is 3.93. The van der Waals surface area contributed by atoms with E-state index in [0.29, 0.717) is 0 Å². The van der Waals surface area contributed by atoms with Gasteiger partial charge in [0.1, 0.15) is 0 Å². The van der Waals surface area contributed by atoms with Crippen LogP contribution < -0.4 is 0 Å². The molecule has 0 atom stereocenters. The van der Waals surface area contributed by atoms with E-state index in [2.05, 4.69) is 17.4 Å². The first-order valence-electron chi connectivity index (χ1n) is 2.28. The third-order valence-corrected chi connectivity index (χ3v) is 0.824. The summed E-state index contributed by atoms with van der Waals surface area (Å²) in [5.41, 5.74) is 6.34. The molecule has 0 bridgehead atoms. The minimum Gasteiger partial charge on any atom is -0.115 e. The molecule has 1 aliphatic carbocycles.